The van der Waals surface area contributed by atoms with E-state index < -0.39 is 0 Å². The molecular weight excluding hydrogens is 581 g/mol. The fraction of sp³-hybridized carbons (Fsp3) is 0.0435. The third-order valence-corrected chi connectivity index (χ3v) is 8.85. The molecule has 0 aliphatic heterocycles. The normalized spacial score (nSPS) is 13.9. The molecule has 0 heterocycles. The average molecular weight is 619 g/mol. The van der Waals surface area contributed by atoms with Crippen molar-refractivity contribution in [2.75, 3.05) is 9.80 Å². The molecule has 0 fully saturated rings. The van der Waals surface area contributed by atoms with Gasteiger partial charge in [0.2, 0.25) is 0 Å². The Morgan fingerprint density at radius 3 is 1.77 bits per heavy atom. The third kappa shape index (κ3) is 6.42. The standard InChI is InChI=1S/C46H38N2/c1-35(37-17-7-3-8-18-37)27-28-36(2)47(40-21-11-5-12-22-40)45-33-34-46(44-26-16-15-25-43(44)45)48(41-23-13-6-14-24-41)42-31-29-39(30-32-42)38-19-9-4-10-20-38/h3-21,23-34,40H,1-2,22H2/b28-27-. The third-order valence-electron chi connectivity index (χ3n) is 8.85. The molecule has 2 heteroatoms. The van der Waals surface area contributed by atoms with E-state index in [0.717, 1.165) is 56.8 Å². The van der Waals surface area contributed by atoms with Gasteiger partial charge in [-0.3, -0.25) is 0 Å². The molecular formula is C46H38N2. The molecule has 0 spiro atoms. The summed E-state index contributed by atoms with van der Waals surface area (Å²) in [5, 5.41) is 2.33. The number of benzene rings is 6. The van der Waals surface area contributed by atoms with Gasteiger partial charge in [-0.25, -0.2) is 0 Å². The van der Waals surface area contributed by atoms with Crippen LogP contribution in [0.4, 0.5) is 22.7 Å². The summed E-state index contributed by atoms with van der Waals surface area (Å²) in [5.74, 6) is 0. The zero-order chi connectivity index (χ0) is 32.7. The van der Waals surface area contributed by atoms with E-state index in [2.05, 4.69) is 193 Å². The summed E-state index contributed by atoms with van der Waals surface area (Å²) in [5.41, 5.74) is 9.80. The number of rotatable bonds is 10. The number of fused-ring (bicyclic) bond motifs is 1. The second-order valence-corrected chi connectivity index (χ2v) is 11.9. The Morgan fingerprint density at radius 2 is 1.10 bits per heavy atom. The molecule has 0 aromatic heterocycles. The maximum Gasteiger partial charge on any atom is 0.0559 e. The van der Waals surface area contributed by atoms with Crippen LogP contribution in [0.3, 0.4) is 0 Å². The van der Waals surface area contributed by atoms with Crippen LogP contribution >= 0.6 is 0 Å². The molecule has 1 aliphatic rings. The van der Waals surface area contributed by atoms with Gasteiger partial charge in [0.25, 0.3) is 0 Å². The first kappa shape index (κ1) is 30.5. The number of allylic oxidation sites excluding steroid dienone is 5. The second-order valence-electron chi connectivity index (χ2n) is 11.9. The summed E-state index contributed by atoms with van der Waals surface area (Å²) in [6, 6.07) is 53.6. The van der Waals surface area contributed by atoms with Crippen LogP contribution in [0.15, 0.2) is 207 Å². The molecule has 1 atom stereocenters. The van der Waals surface area contributed by atoms with E-state index in [-0.39, 0.29) is 6.04 Å². The van der Waals surface area contributed by atoms with Gasteiger partial charge in [0.05, 0.1) is 11.7 Å². The molecule has 0 amide bonds. The molecule has 7 rings (SSSR count). The lowest BCUT2D eigenvalue weighted by molar-refractivity contribution is 0.766. The van der Waals surface area contributed by atoms with Crippen LogP contribution in [-0.2, 0) is 0 Å². The zero-order valence-electron chi connectivity index (χ0n) is 27.0. The largest absolute Gasteiger partial charge is 0.334 e. The molecule has 1 aliphatic carbocycles. The first-order valence-corrected chi connectivity index (χ1v) is 16.4. The predicted molar refractivity (Wildman–Crippen MR) is 207 cm³/mol. The molecule has 0 saturated heterocycles. The van der Waals surface area contributed by atoms with Crippen LogP contribution in [0.1, 0.15) is 12.0 Å². The molecule has 1 unspecified atom stereocenters. The van der Waals surface area contributed by atoms with Gasteiger partial charge in [-0.2, -0.15) is 0 Å². The highest BCUT2D eigenvalue weighted by atomic mass is 15.2. The van der Waals surface area contributed by atoms with Crippen LogP contribution in [0.5, 0.6) is 0 Å². The van der Waals surface area contributed by atoms with Crippen molar-refractivity contribution in [3.63, 3.8) is 0 Å². The molecule has 2 nitrogen and oxygen atoms in total. The predicted octanol–water partition coefficient (Wildman–Crippen LogP) is 12.5. The van der Waals surface area contributed by atoms with E-state index in [0.29, 0.717) is 0 Å². The van der Waals surface area contributed by atoms with Crippen molar-refractivity contribution in [2.24, 2.45) is 0 Å². The lowest BCUT2D eigenvalue weighted by Crippen LogP contribution is -2.33. The molecule has 0 radical (unpaired) electrons. The SMILES string of the molecule is C=C(/C=C\C(=C)N(c1ccc(N(c2ccccc2)c2ccc(-c3ccccc3)cc2)c2ccccc12)C1C=CC=CC1)c1ccccc1. The lowest BCUT2D eigenvalue weighted by atomic mass is 9.99. The maximum absolute atomic E-state index is 4.59. The Kier molecular flexibility index (Phi) is 8.97. The summed E-state index contributed by atoms with van der Waals surface area (Å²) in [6.07, 6.45) is 13.8. The second kappa shape index (κ2) is 14.1. The minimum absolute atomic E-state index is 0.127. The quantitative estimate of drug-likeness (QED) is 0.141. The summed E-state index contributed by atoms with van der Waals surface area (Å²) in [7, 11) is 0. The Morgan fingerprint density at radius 1 is 0.542 bits per heavy atom. The van der Waals surface area contributed by atoms with Crippen LogP contribution in [0.2, 0.25) is 0 Å². The van der Waals surface area contributed by atoms with Gasteiger partial charge in [-0.1, -0.05) is 159 Å². The Labute approximate surface area is 284 Å². The lowest BCUT2D eigenvalue weighted by Gasteiger charge is -2.35. The van der Waals surface area contributed by atoms with Gasteiger partial charge in [-0.15, -0.1) is 0 Å². The number of hydrogen-bond acceptors (Lipinski definition) is 2. The Balaban J connectivity index is 1.32. The monoisotopic (exact) mass is 618 g/mol. The van der Waals surface area contributed by atoms with E-state index in [1.807, 2.05) is 18.2 Å². The number of para-hydroxylation sites is 1. The van der Waals surface area contributed by atoms with Crippen molar-refractivity contribution >= 4 is 39.1 Å². The average Bonchev–Trinajstić information content (AvgIpc) is 3.16. The summed E-state index contributed by atoms with van der Waals surface area (Å²) < 4.78 is 0. The van der Waals surface area contributed by atoms with Crippen LogP contribution < -0.4 is 9.80 Å². The molecule has 6 aromatic carbocycles. The van der Waals surface area contributed by atoms with E-state index >= 15 is 0 Å². The van der Waals surface area contributed by atoms with Crippen molar-refractivity contribution in [3.05, 3.63) is 213 Å². The smallest absolute Gasteiger partial charge is 0.0559 e. The van der Waals surface area contributed by atoms with Crippen molar-refractivity contribution in [1.29, 1.82) is 0 Å². The van der Waals surface area contributed by atoms with Gasteiger partial charge >= 0.3 is 0 Å². The van der Waals surface area contributed by atoms with E-state index in [4.69, 9.17) is 0 Å². The van der Waals surface area contributed by atoms with Crippen molar-refractivity contribution < 1.29 is 0 Å². The summed E-state index contributed by atoms with van der Waals surface area (Å²) in [6.45, 7) is 8.92. The minimum atomic E-state index is 0.127. The van der Waals surface area contributed by atoms with E-state index in [1.165, 1.54) is 11.1 Å². The van der Waals surface area contributed by atoms with Crippen molar-refractivity contribution in [3.8, 4) is 11.1 Å². The highest BCUT2D eigenvalue weighted by Gasteiger charge is 2.23. The number of anilines is 4. The molecule has 0 N–H and O–H groups in total. The Hall–Kier alpha value is -6.12. The number of nitrogens with zero attached hydrogens (tertiary/aromatic N) is 2. The van der Waals surface area contributed by atoms with Crippen LogP contribution in [0, 0.1) is 0 Å². The first-order valence-electron chi connectivity index (χ1n) is 16.4. The van der Waals surface area contributed by atoms with Crippen molar-refractivity contribution in [1.82, 2.24) is 0 Å². The van der Waals surface area contributed by atoms with Gasteiger partial charge in [0.15, 0.2) is 0 Å². The topological polar surface area (TPSA) is 6.48 Å². The first-order chi connectivity index (χ1) is 23.7. The maximum atomic E-state index is 4.59. The molecule has 0 bridgehead atoms. The number of hydrogen-bond donors (Lipinski definition) is 0. The van der Waals surface area contributed by atoms with E-state index in [1.54, 1.807) is 0 Å². The van der Waals surface area contributed by atoms with Crippen molar-refractivity contribution in [2.45, 2.75) is 12.5 Å². The zero-order valence-corrected chi connectivity index (χ0v) is 27.0. The molecule has 232 valence electrons. The van der Waals surface area contributed by atoms with Gasteiger partial charge < -0.3 is 9.80 Å². The molecule has 6 aromatic rings. The fourth-order valence-electron chi connectivity index (χ4n) is 6.44. The minimum Gasteiger partial charge on any atom is -0.334 e. The summed E-state index contributed by atoms with van der Waals surface area (Å²) >= 11 is 0. The highest BCUT2D eigenvalue weighted by Crippen LogP contribution is 2.43. The summed E-state index contributed by atoms with van der Waals surface area (Å²) in [4.78, 5) is 4.72. The Bertz CT molecular complexity index is 2120. The molecule has 48 heavy (non-hydrogen) atoms. The van der Waals surface area contributed by atoms with Gasteiger partial charge in [-0.05, 0) is 71.2 Å². The van der Waals surface area contributed by atoms with Crippen LogP contribution in [-0.4, -0.2) is 6.04 Å². The molecule has 0 saturated carbocycles. The van der Waals surface area contributed by atoms with E-state index in [9.17, 15) is 0 Å². The fourth-order valence-corrected chi connectivity index (χ4v) is 6.44. The van der Waals surface area contributed by atoms with Crippen LogP contribution in [0.25, 0.3) is 27.5 Å². The highest BCUT2D eigenvalue weighted by molar-refractivity contribution is 6.05. The van der Waals surface area contributed by atoms with Gasteiger partial charge in [0.1, 0.15) is 0 Å². The van der Waals surface area contributed by atoms with Gasteiger partial charge in [0, 0.05) is 33.5 Å².